The maximum Gasteiger partial charge on any atom is 0.413 e. The van der Waals surface area contributed by atoms with Crippen molar-refractivity contribution in [2.75, 3.05) is 7.11 Å². The van der Waals surface area contributed by atoms with E-state index in [1.165, 1.54) is 18.7 Å². The lowest BCUT2D eigenvalue weighted by atomic mass is 10.3. The number of amides is 2. The normalized spacial score (nSPS) is 12.9. The number of benzene rings is 1. The van der Waals surface area contributed by atoms with Crippen molar-refractivity contribution in [3.63, 3.8) is 0 Å². The molecule has 0 spiro atoms. The van der Waals surface area contributed by atoms with Crippen LogP contribution in [0.1, 0.15) is 13.8 Å². The molecule has 0 heterocycles. The molecule has 0 saturated carbocycles. The van der Waals surface area contributed by atoms with Gasteiger partial charge in [0.2, 0.25) is 0 Å². The zero-order valence-corrected chi connectivity index (χ0v) is 13.9. The standard InChI is InChI=1S/C14H16ClNO5S/c1-8(12(17)16-14(19)20-3)21-13(18)9(2)22-11-6-4-10(15)5-7-11/h4-9H,1-3H3,(H,16,17,19)/t8-,9-/m1/s1. The Balaban J connectivity index is 2.51. The first-order valence-corrected chi connectivity index (χ1v) is 7.60. The topological polar surface area (TPSA) is 81.7 Å². The number of esters is 1. The van der Waals surface area contributed by atoms with Crippen LogP contribution in [0.2, 0.25) is 5.02 Å². The number of imide groups is 1. The smallest absolute Gasteiger partial charge is 0.413 e. The van der Waals surface area contributed by atoms with Crippen LogP contribution >= 0.6 is 23.4 Å². The van der Waals surface area contributed by atoms with Crippen molar-refractivity contribution in [2.24, 2.45) is 0 Å². The summed E-state index contributed by atoms with van der Waals surface area (Å²) in [7, 11) is 1.13. The van der Waals surface area contributed by atoms with Gasteiger partial charge in [-0.3, -0.25) is 14.9 Å². The number of methoxy groups -OCH3 is 1. The minimum Gasteiger partial charge on any atom is -0.453 e. The molecule has 0 aliphatic rings. The molecular weight excluding hydrogens is 330 g/mol. The van der Waals surface area contributed by atoms with E-state index < -0.39 is 29.3 Å². The molecule has 120 valence electrons. The molecular formula is C14H16ClNO5S. The van der Waals surface area contributed by atoms with Crippen molar-refractivity contribution in [3.8, 4) is 0 Å². The molecule has 22 heavy (non-hydrogen) atoms. The van der Waals surface area contributed by atoms with Crippen molar-refractivity contribution in [2.45, 2.75) is 30.1 Å². The van der Waals surface area contributed by atoms with Crippen molar-refractivity contribution in [1.82, 2.24) is 5.32 Å². The average molecular weight is 346 g/mol. The monoisotopic (exact) mass is 345 g/mol. The van der Waals surface area contributed by atoms with E-state index >= 15 is 0 Å². The second-order valence-corrected chi connectivity index (χ2v) is 6.12. The Kier molecular flexibility index (Phi) is 7.20. The van der Waals surface area contributed by atoms with Gasteiger partial charge in [-0.1, -0.05) is 11.6 Å². The second-order valence-electron chi connectivity index (χ2n) is 4.27. The van der Waals surface area contributed by atoms with E-state index in [-0.39, 0.29) is 0 Å². The fourth-order valence-electron chi connectivity index (χ4n) is 1.34. The van der Waals surface area contributed by atoms with Gasteiger partial charge in [0, 0.05) is 9.92 Å². The van der Waals surface area contributed by atoms with Gasteiger partial charge in [0.05, 0.1) is 7.11 Å². The van der Waals surface area contributed by atoms with E-state index in [9.17, 15) is 14.4 Å². The van der Waals surface area contributed by atoms with Crippen molar-refractivity contribution < 1.29 is 23.9 Å². The van der Waals surface area contributed by atoms with Crippen LogP contribution in [-0.2, 0) is 19.1 Å². The van der Waals surface area contributed by atoms with Gasteiger partial charge >= 0.3 is 12.1 Å². The number of halogens is 1. The second kappa shape index (κ2) is 8.65. The molecule has 6 nitrogen and oxygen atoms in total. The Bertz CT molecular complexity index is 549. The highest BCUT2D eigenvalue weighted by atomic mass is 35.5. The van der Waals surface area contributed by atoms with Crippen LogP contribution in [0.4, 0.5) is 4.79 Å². The molecule has 2 amide bonds. The summed E-state index contributed by atoms with van der Waals surface area (Å²) in [6, 6.07) is 7.00. The molecule has 0 fully saturated rings. The lowest BCUT2D eigenvalue weighted by Gasteiger charge is -2.15. The molecule has 0 radical (unpaired) electrons. The average Bonchev–Trinajstić information content (AvgIpc) is 2.49. The summed E-state index contributed by atoms with van der Waals surface area (Å²) in [5, 5.41) is 2.02. The van der Waals surface area contributed by atoms with Gasteiger partial charge in [0.1, 0.15) is 5.25 Å². The number of hydrogen-bond acceptors (Lipinski definition) is 6. The van der Waals surface area contributed by atoms with E-state index in [1.807, 2.05) is 5.32 Å². The summed E-state index contributed by atoms with van der Waals surface area (Å²) in [5.41, 5.74) is 0. The molecule has 0 bridgehead atoms. The third kappa shape index (κ3) is 5.95. The molecule has 8 heteroatoms. The number of carbonyl (C=O) groups excluding carboxylic acids is 3. The SMILES string of the molecule is COC(=O)NC(=O)[C@@H](C)OC(=O)[C@@H](C)Sc1ccc(Cl)cc1. The van der Waals surface area contributed by atoms with Crippen molar-refractivity contribution in [1.29, 1.82) is 0 Å². The van der Waals surface area contributed by atoms with Gasteiger partial charge in [-0.2, -0.15) is 0 Å². The Morgan fingerprint density at radius 3 is 2.32 bits per heavy atom. The summed E-state index contributed by atoms with van der Waals surface area (Å²) >= 11 is 7.06. The number of nitrogens with one attached hydrogen (secondary N) is 1. The molecule has 0 unspecified atom stereocenters. The molecule has 1 N–H and O–H groups in total. The van der Waals surface area contributed by atoms with Crippen LogP contribution in [0.3, 0.4) is 0 Å². The zero-order chi connectivity index (χ0) is 16.7. The minimum absolute atomic E-state index is 0.519. The highest BCUT2D eigenvalue weighted by Crippen LogP contribution is 2.25. The summed E-state index contributed by atoms with van der Waals surface area (Å²) < 4.78 is 9.30. The summed E-state index contributed by atoms with van der Waals surface area (Å²) in [5.74, 6) is -1.31. The molecule has 2 atom stereocenters. The van der Waals surface area contributed by atoms with Gasteiger partial charge in [-0.25, -0.2) is 4.79 Å². The van der Waals surface area contributed by atoms with Gasteiger partial charge in [0.15, 0.2) is 6.10 Å². The molecule has 0 aliphatic heterocycles. The predicted molar refractivity (Wildman–Crippen MR) is 82.9 cm³/mol. The molecule has 0 saturated heterocycles. The lowest BCUT2D eigenvalue weighted by Crippen LogP contribution is -2.40. The molecule has 1 aromatic carbocycles. The third-order valence-electron chi connectivity index (χ3n) is 2.53. The zero-order valence-electron chi connectivity index (χ0n) is 12.3. The molecule has 1 rings (SSSR count). The highest BCUT2D eigenvalue weighted by molar-refractivity contribution is 8.00. The summed E-state index contributed by atoms with van der Waals surface area (Å²) in [4.78, 5) is 35.2. The van der Waals surface area contributed by atoms with Gasteiger partial charge in [-0.15, -0.1) is 11.8 Å². The van der Waals surface area contributed by atoms with Crippen LogP contribution < -0.4 is 5.32 Å². The molecule has 0 aromatic heterocycles. The van der Waals surface area contributed by atoms with E-state index in [2.05, 4.69) is 4.74 Å². The molecule has 1 aromatic rings. The largest absolute Gasteiger partial charge is 0.453 e. The highest BCUT2D eigenvalue weighted by Gasteiger charge is 2.24. The maximum absolute atomic E-state index is 11.9. The quantitative estimate of drug-likeness (QED) is 0.652. The number of rotatable bonds is 5. The van der Waals surface area contributed by atoms with Crippen LogP contribution in [-0.4, -0.2) is 36.4 Å². The van der Waals surface area contributed by atoms with Crippen LogP contribution in [0.25, 0.3) is 0 Å². The molecule has 0 aliphatic carbocycles. The van der Waals surface area contributed by atoms with Gasteiger partial charge in [-0.05, 0) is 38.1 Å². The van der Waals surface area contributed by atoms with Crippen LogP contribution in [0.5, 0.6) is 0 Å². The van der Waals surface area contributed by atoms with E-state index in [1.54, 1.807) is 31.2 Å². The maximum atomic E-state index is 11.9. The van der Waals surface area contributed by atoms with E-state index in [4.69, 9.17) is 16.3 Å². The first-order chi connectivity index (χ1) is 10.3. The van der Waals surface area contributed by atoms with Crippen molar-refractivity contribution in [3.05, 3.63) is 29.3 Å². The number of hydrogen-bond donors (Lipinski definition) is 1. The van der Waals surface area contributed by atoms with Gasteiger partial charge in [0.25, 0.3) is 5.91 Å². The first kappa shape index (κ1) is 18.3. The Morgan fingerprint density at radius 1 is 1.18 bits per heavy atom. The Hall–Kier alpha value is -1.73. The third-order valence-corrected chi connectivity index (χ3v) is 3.87. The number of carbonyl (C=O) groups is 3. The predicted octanol–water partition coefficient (Wildman–Crippen LogP) is 2.63. The van der Waals surface area contributed by atoms with Gasteiger partial charge < -0.3 is 9.47 Å². The Morgan fingerprint density at radius 2 is 1.77 bits per heavy atom. The Labute approximate surface area is 137 Å². The summed E-state index contributed by atoms with van der Waals surface area (Å²) in [6.07, 6.45) is -2.00. The lowest BCUT2D eigenvalue weighted by molar-refractivity contribution is -0.153. The van der Waals surface area contributed by atoms with E-state index in [0.29, 0.717) is 5.02 Å². The van der Waals surface area contributed by atoms with Crippen LogP contribution in [0, 0.1) is 0 Å². The summed E-state index contributed by atoms with van der Waals surface area (Å²) in [6.45, 7) is 3.03. The minimum atomic E-state index is -1.10. The first-order valence-electron chi connectivity index (χ1n) is 6.35. The van der Waals surface area contributed by atoms with Crippen LogP contribution in [0.15, 0.2) is 29.2 Å². The number of thioether (sulfide) groups is 1. The number of alkyl carbamates (subject to hydrolysis) is 1. The van der Waals surface area contributed by atoms with Crippen molar-refractivity contribution >= 4 is 41.3 Å². The van der Waals surface area contributed by atoms with E-state index in [0.717, 1.165) is 12.0 Å². The fourth-order valence-corrected chi connectivity index (χ4v) is 2.32. The fraction of sp³-hybridized carbons (Fsp3) is 0.357. The number of ether oxygens (including phenoxy) is 2.